The predicted octanol–water partition coefficient (Wildman–Crippen LogP) is 2.04. The van der Waals surface area contributed by atoms with Crippen molar-refractivity contribution in [3.63, 3.8) is 0 Å². The van der Waals surface area contributed by atoms with Gasteiger partial charge in [0.05, 0.1) is 4.90 Å². The van der Waals surface area contributed by atoms with Crippen molar-refractivity contribution in [1.29, 1.82) is 0 Å². The van der Waals surface area contributed by atoms with E-state index in [2.05, 4.69) is 10.0 Å². The molecule has 150 valence electrons. The molecule has 8 heteroatoms. The highest BCUT2D eigenvalue weighted by molar-refractivity contribution is 7.89. The maximum absolute atomic E-state index is 12.3. The van der Waals surface area contributed by atoms with E-state index in [0.29, 0.717) is 0 Å². The molecule has 0 heterocycles. The summed E-state index contributed by atoms with van der Waals surface area (Å²) in [5.41, 5.74) is 0.930. The third-order valence-electron chi connectivity index (χ3n) is 4.63. The van der Waals surface area contributed by atoms with Gasteiger partial charge in [0.15, 0.2) is 6.10 Å². The van der Waals surface area contributed by atoms with Gasteiger partial charge in [0, 0.05) is 6.04 Å². The van der Waals surface area contributed by atoms with Gasteiger partial charge in [0.25, 0.3) is 5.91 Å². The summed E-state index contributed by atoms with van der Waals surface area (Å²) < 4.78 is 32.1. The molecule has 0 bridgehead atoms. The van der Waals surface area contributed by atoms with Crippen molar-refractivity contribution in [2.45, 2.75) is 76.0 Å². The van der Waals surface area contributed by atoms with Crippen LogP contribution in [0.3, 0.4) is 0 Å². The van der Waals surface area contributed by atoms with Crippen molar-refractivity contribution in [3.05, 3.63) is 29.8 Å². The second-order valence-electron chi connectivity index (χ2n) is 7.08. The Balaban J connectivity index is 1.88. The molecule has 0 saturated heterocycles. The summed E-state index contributed by atoms with van der Waals surface area (Å²) in [6, 6.07) is 5.29. The molecule has 1 fully saturated rings. The van der Waals surface area contributed by atoms with Gasteiger partial charge < -0.3 is 10.1 Å². The second kappa shape index (κ2) is 9.32. The van der Waals surface area contributed by atoms with Crippen LogP contribution >= 0.6 is 0 Å². The van der Waals surface area contributed by atoms with Crippen molar-refractivity contribution in [3.8, 4) is 0 Å². The number of sulfonamides is 1. The molecule has 1 aromatic carbocycles. The topological polar surface area (TPSA) is 102 Å². The van der Waals surface area contributed by atoms with Crippen molar-refractivity contribution in [2.75, 3.05) is 0 Å². The van der Waals surface area contributed by atoms with E-state index < -0.39 is 28.1 Å². The van der Waals surface area contributed by atoms with Crippen molar-refractivity contribution in [1.82, 2.24) is 10.0 Å². The first-order valence-electron chi connectivity index (χ1n) is 9.29. The van der Waals surface area contributed by atoms with E-state index in [4.69, 9.17) is 4.74 Å². The summed E-state index contributed by atoms with van der Waals surface area (Å²) in [5, 5.41) is 2.89. The SMILES string of the molecule is Cc1ccc(S(=O)(=O)NC(C)C(=O)OC(C)C(=O)NC2CCCCC2)cc1. The molecular formula is C19H28N2O5S. The molecule has 7 nitrogen and oxygen atoms in total. The first kappa shape index (κ1) is 21.4. The summed E-state index contributed by atoms with van der Waals surface area (Å²) >= 11 is 0. The first-order chi connectivity index (χ1) is 12.7. The summed E-state index contributed by atoms with van der Waals surface area (Å²) in [5.74, 6) is -1.15. The lowest BCUT2D eigenvalue weighted by Crippen LogP contribution is -2.46. The highest BCUT2D eigenvalue weighted by Gasteiger charge is 2.27. The van der Waals surface area contributed by atoms with Crippen LogP contribution in [-0.2, 0) is 24.3 Å². The molecular weight excluding hydrogens is 368 g/mol. The number of nitrogens with one attached hydrogen (secondary N) is 2. The van der Waals surface area contributed by atoms with Crippen LogP contribution in [0.2, 0.25) is 0 Å². The molecule has 1 saturated carbocycles. The number of benzene rings is 1. The minimum Gasteiger partial charge on any atom is -0.451 e. The van der Waals surface area contributed by atoms with Gasteiger partial charge in [0.2, 0.25) is 10.0 Å². The maximum Gasteiger partial charge on any atom is 0.324 e. The van der Waals surface area contributed by atoms with E-state index in [-0.39, 0.29) is 16.8 Å². The standard InChI is InChI=1S/C19H28N2O5S/c1-13-9-11-17(12-10-13)27(24,25)21-14(2)19(23)26-15(3)18(22)20-16-7-5-4-6-8-16/h9-12,14-16,21H,4-8H2,1-3H3,(H,20,22). The Bertz CT molecular complexity index is 755. The van der Waals surface area contributed by atoms with Gasteiger partial charge in [-0.1, -0.05) is 37.0 Å². The number of rotatable bonds is 7. The zero-order chi connectivity index (χ0) is 20.0. The summed E-state index contributed by atoms with van der Waals surface area (Å²) in [6.07, 6.45) is 4.22. The van der Waals surface area contributed by atoms with Crippen molar-refractivity contribution >= 4 is 21.9 Å². The van der Waals surface area contributed by atoms with Gasteiger partial charge in [-0.05, 0) is 45.7 Å². The smallest absolute Gasteiger partial charge is 0.324 e. The highest BCUT2D eigenvalue weighted by Crippen LogP contribution is 2.17. The lowest BCUT2D eigenvalue weighted by Gasteiger charge is -2.24. The van der Waals surface area contributed by atoms with Crippen LogP contribution in [0.15, 0.2) is 29.2 Å². The fraction of sp³-hybridized carbons (Fsp3) is 0.579. The summed E-state index contributed by atoms with van der Waals surface area (Å²) in [7, 11) is -3.85. The van der Waals surface area contributed by atoms with Crippen LogP contribution in [0.25, 0.3) is 0 Å². The van der Waals surface area contributed by atoms with Crippen LogP contribution in [-0.4, -0.2) is 38.5 Å². The lowest BCUT2D eigenvalue weighted by atomic mass is 9.95. The lowest BCUT2D eigenvalue weighted by molar-refractivity contribution is -0.156. The van der Waals surface area contributed by atoms with E-state index in [9.17, 15) is 18.0 Å². The Morgan fingerprint density at radius 2 is 1.67 bits per heavy atom. The molecule has 1 aromatic rings. The van der Waals surface area contributed by atoms with Gasteiger partial charge >= 0.3 is 5.97 Å². The Labute approximate surface area is 160 Å². The average molecular weight is 397 g/mol. The second-order valence-corrected chi connectivity index (χ2v) is 8.79. The van der Waals surface area contributed by atoms with Crippen LogP contribution in [0.1, 0.15) is 51.5 Å². The first-order valence-corrected chi connectivity index (χ1v) is 10.8. The predicted molar refractivity (Wildman–Crippen MR) is 102 cm³/mol. The summed E-state index contributed by atoms with van der Waals surface area (Å²) in [6.45, 7) is 4.72. The van der Waals surface area contributed by atoms with Crippen LogP contribution in [0.4, 0.5) is 0 Å². The van der Waals surface area contributed by atoms with Crippen molar-refractivity contribution < 1.29 is 22.7 Å². The number of aryl methyl sites for hydroxylation is 1. The van der Waals surface area contributed by atoms with Gasteiger partial charge in [-0.2, -0.15) is 4.72 Å². The third-order valence-corrected chi connectivity index (χ3v) is 6.19. The molecule has 0 aliphatic heterocycles. The van der Waals surface area contributed by atoms with E-state index in [1.165, 1.54) is 32.4 Å². The number of hydrogen-bond donors (Lipinski definition) is 2. The molecule has 2 N–H and O–H groups in total. The molecule has 0 aromatic heterocycles. The number of hydrogen-bond acceptors (Lipinski definition) is 5. The fourth-order valence-corrected chi connectivity index (χ4v) is 4.15. The zero-order valence-corrected chi connectivity index (χ0v) is 16.8. The van der Waals surface area contributed by atoms with Gasteiger partial charge in [-0.15, -0.1) is 0 Å². The minimum atomic E-state index is -3.85. The Morgan fingerprint density at radius 3 is 2.26 bits per heavy atom. The number of ether oxygens (including phenoxy) is 1. The Hall–Kier alpha value is -1.93. The van der Waals surface area contributed by atoms with Gasteiger partial charge in [-0.3, -0.25) is 9.59 Å². The molecule has 27 heavy (non-hydrogen) atoms. The largest absolute Gasteiger partial charge is 0.451 e. The quantitative estimate of drug-likeness (QED) is 0.687. The third kappa shape index (κ3) is 6.32. The molecule has 0 spiro atoms. The number of carbonyl (C=O) groups is 2. The Kier molecular flexibility index (Phi) is 7.38. The molecule has 1 aliphatic rings. The van der Waals surface area contributed by atoms with Gasteiger partial charge in [-0.25, -0.2) is 8.42 Å². The number of carbonyl (C=O) groups excluding carboxylic acids is 2. The number of esters is 1. The summed E-state index contributed by atoms with van der Waals surface area (Å²) in [4.78, 5) is 24.4. The van der Waals surface area contributed by atoms with E-state index in [1.54, 1.807) is 12.1 Å². The van der Waals surface area contributed by atoms with Crippen LogP contribution < -0.4 is 10.0 Å². The van der Waals surface area contributed by atoms with Crippen LogP contribution in [0, 0.1) is 6.92 Å². The van der Waals surface area contributed by atoms with E-state index in [1.807, 2.05) is 6.92 Å². The molecule has 1 amide bonds. The average Bonchev–Trinajstić information content (AvgIpc) is 2.62. The van der Waals surface area contributed by atoms with Crippen LogP contribution in [0.5, 0.6) is 0 Å². The molecule has 2 unspecified atom stereocenters. The Morgan fingerprint density at radius 1 is 1.07 bits per heavy atom. The highest BCUT2D eigenvalue weighted by atomic mass is 32.2. The molecule has 2 rings (SSSR count). The van der Waals surface area contributed by atoms with E-state index in [0.717, 1.165) is 31.2 Å². The molecule has 2 atom stereocenters. The zero-order valence-electron chi connectivity index (χ0n) is 16.0. The van der Waals surface area contributed by atoms with Crippen molar-refractivity contribution in [2.24, 2.45) is 0 Å². The number of amides is 1. The minimum absolute atomic E-state index is 0.0656. The van der Waals surface area contributed by atoms with E-state index >= 15 is 0 Å². The fourth-order valence-electron chi connectivity index (χ4n) is 2.96. The van der Waals surface area contributed by atoms with Gasteiger partial charge in [0.1, 0.15) is 6.04 Å². The molecule has 1 aliphatic carbocycles. The molecule has 0 radical (unpaired) electrons. The maximum atomic E-state index is 12.3. The normalized spacial score (nSPS) is 17.7. The monoisotopic (exact) mass is 396 g/mol.